The molecule has 0 spiro atoms. The van der Waals surface area contributed by atoms with E-state index in [0.717, 1.165) is 83.8 Å². The number of fused-ring (bicyclic) bond motifs is 1. The number of likely N-dealkylation sites (tertiary alicyclic amines) is 1. The monoisotopic (exact) mass is 542 g/mol. The Bertz CT molecular complexity index is 1100. The fourth-order valence-corrected chi connectivity index (χ4v) is 6.67. The number of hydrogen-bond acceptors (Lipinski definition) is 5. The summed E-state index contributed by atoms with van der Waals surface area (Å²) in [5.74, 6) is 1.17. The van der Waals surface area contributed by atoms with Crippen molar-refractivity contribution in [2.24, 2.45) is 0 Å². The normalized spacial score (nSPS) is 19.4. The standard InChI is InChI=1S/C27H32BrN3O2S/c1-30(27(32)26-17-20-4-2-3-5-25(20)34-26)21-10-14-31(15-11-21)18-19-6-7-24(23(28)16-19)33-22-8-12-29-13-9-22/h2-7,16-17,21-22,29H,8-15,18H2,1H3/p+1. The van der Waals surface area contributed by atoms with Gasteiger partial charge in [0.2, 0.25) is 0 Å². The summed E-state index contributed by atoms with van der Waals surface area (Å²) in [6, 6.07) is 17.2. The number of piperidine rings is 2. The van der Waals surface area contributed by atoms with Crippen molar-refractivity contribution >= 4 is 43.3 Å². The smallest absolute Gasteiger partial charge is 0.354 e. The van der Waals surface area contributed by atoms with E-state index in [-0.39, 0.29) is 5.91 Å². The molecule has 5 nitrogen and oxygen atoms in total. The first-order chi connectivity index (χ1) is 16.6. The van der Waals surface area contributed by atoms with Crippen molar-refractivity contribution in [2.45, 2.75) is 44.4 Å². The van der Waals surface area contributed by atoms with Gasteiger partial charge in [-0.3, -0.25) is 9.80 Å². The summed E-state index contributed by atoms with van der Waals surface area (Å²) in [6.45, 7) is 5.04. The lowest BCUT2D eigenvalue weighted by Crippen LogP contribution is -3.15. The lowest BCUT2D eigenvalue weighted by Gasteiger charge is -2.33. The molecule has 0 radical (unpaired) electrons. The Morgan fingerprint density at radius 1 is 1.12 bits per heavy atom. The van der Waals surface area contributed by atoms with Gasteiger partial charge in [-0.15, -0.1) is 11.3 Å². The minimum atomic E-state index is 0.230. The summed E-state index contributed by atoms with van der Waals surface area (Å²) >= 11 is 5.33. The van der Waals surface area contributed by atoms with Crippen LogP contribution in [0.2, 0.25) is 0 Å². The van der Waals surface area contributed by atoms with Gasteiger partial charge in [-0.2, -0.15) is 0 Å². The molecule has 1 amide bonds. The molecule has 0 bridgehead atoms. The van der Waals surface area contributed by atoms with E-state index in [1.807, 2.05) is 19.2 Å². The second-order valence-electron chi connectivity index (χ2n) is 9.54. The molecule has 3 heterocycles. The summed E-state index contributed by atoms with van der Waals surface area (Å²) in [5, 5.41) is 4.55. The van der Waals surface area contributed by atoms with Crippen LogP contribution >= 0.6 is 27.3 Å². The van der Waals surface area contributed by atoms with Gasteiger partial charge >= 0.3 is 5.91 Å². The predicted octanol–water partition coefficient (Wildman–Crippen LogP) is 4.11. The van der Waals surface area contributed by atoms with Crippen LogP contribution in [0.4, 0.5) is 0 Å². The molecule has 2 saturated heterocycles. The average Bonchev–Trinajstić information content (AvgIpc) is 3.30. The van der Waals surface area contributed by atoms with Gasteiger partial charge in [0.25, 0.3) is 0 Å². The largest absolute Gasteiger partial charge is 0.489 e. The zero-order valence-corrected chi connectivity index (χ0v) is 22.1. The predicted molar refractivity (Wildman–Crippen MR) is 142 cm³/mol. The van der Waals surface area contributed by atoms with E-state index in [0.29, 0.717) is 12.1 Å². The molecular formula is C27H33BrN3O2S+. The van der Waals surface area contributed by atoms with Crippen LogP contribution in [0, 0.1) is 0 Å². The van der Waals surface area contributed by atoms with Crippen LogP contribution in [0.15, 0.2) is 53.0 Å². The molecule has 34 heavy (non-hydrogen) atoms. The van der Waals surface area contributed by atoms with Crippen LogP contribution in [0.1, 0.15) is 40.9 Å². The summed E-state index contributed by atoms with van der Waals surface area (Å²) < 4.78 is 8.44. The molecule has 7 heteroatoms. The number of rotatable bonds is 6. The Kier molecular flexibility index (Phi) is 7.66. The molecule has 2 N–H and O–H groups in total. The van der Waals surface area contributed by atoms with Gasteiger partial charge in [0.15, 0.2) is 0 Å². The Morgan fingerprint density at radius 2 is 1.88 bits per heavy atom. The number of carbonyl (C=O) groups is 1. The Hall–Kier alpha value is -1.77. The van der Waals surface area contributed by atoms with Crippen LogP contribution in [-0.4, -0.2) is 56.2 Å². The lowest BCUT2D eigenvalue weighted by atomic mass is 10.0. The summed E-state index contributed by atoms with van der Waals surface area (Å²) in [6.07, 6.45) is 4.51. The average molecular weight is 544 g/mol. The number of carbonyl (C=O) groups excluding carboxylic acids is 1. The molecule has 0 saturated carbocycles. The lowest BCUT2D eigenvalue weighted by molar-refractivity contribution is -0.822. The van der Waals surface area contributed by atoms with Crippen molar-refractivity contribution in [3.8, 4) is 5.75 Å². The molecule has 3 aromatic rings. The van der Waals surface area contributed by atoms with Crippen LogP contribution in [-0.2, 0) is 6.54 Å². The highest BCUT2D eigenvalue weighted by molar-refractivity contribution is 9.10. The van der Waals surface area contributed by atoms with Gasteiger partial charge in [-0.05, 0) is 77.1 Å². The fraction of sp³-hybridized carbons (Fsp3) is 0.444. The van der Waals surface area contributed by atoms with Crippen LogP contribution in [0.3, 0.4) is 0 Å². The van der Waals surface area contributed by atoms with Gasteiger partial charge in [0, 0.05) is 37.2 Å². The van der Waals surface area contributed by atoms with Crippen molar-refractivity contribution in [1.82, 2.24) is 10.2 Å². The Morgan fingerprint density at radius 3 is 2.62 bits per heavy atom. The topological polar surface area (TPSA) is 46.0 Å². The first kappa shape index (κ1) is 23.9. The number of ether oxygens (including phenoxy) is 1. The third kappa shape index (κ3) is 5.55. The second-order valence-corrected chi connectivity index (χ2v) is 11.5. The van der Waals surface area contributed by atoms with Crippen molar-refractivity contribution in [3.05, 3.63) is 63.4 Å². The second kappa shape index (κ2) is 10.9. The van der Waals surface area contributed by atoms with E-state index in [9.17, 15) is 4.79 Å². The van der Waals surface area contributed by atoms with E-state index in [1.54, 1.807) is 11.3 Å². The molecule has 2 aliphatic rings. The maximum Gasteiger partial charge on any atom is 0.354 e. The third-order valence-corrected chi connectivity index (χ3v) is 8.92. The van der Waals surface area contributed by atoms with Gasteiger partial charge < -0.3 is 10.1 Å². The van der Waals surface area contributed by atoms with E-state index in [2.05, 4.69) is 62.5 Å². The van der Waals surface area contributed by atoms with Gasteiger partial charge in [-0.25, -0.2) is 4.79 Å². The maximum atomic E-state index is 13.1. The van der Waals surface area contributed by atoms with Gasteiger partial charge in [0.05, 0.1) is 17.6 Å². The van der Waals surface area contributed by atoms with Crippen LogP contribution in [0.25, 0.3) is 10.1 Å². The van der Waals surface area contributed by atoms with E-state index < -0.39 is 0 Å². The summed E-state index contributed by atoms with van der Waals surface area (Å²) in [5.41, 5.74) is 1.30. The summed E-state index contributed by atoms with van der Waals surface area (Å²) in [7, 11) is 2.05. The number of nitrogens with zero attached hydrogens (tertiary/aromatic N) is 1. The number of nitrogens with one attached hydrogen (secondary N) is 2. The number of halogens is 1. The SMILES string of the molecule is C[NH+](C(=O)c1cc2ccccc2s1)C1CCN(Cc2ccc(OC3CCNCC3)c(Br)c2)CC1. The molecule has 180 valence electrons. The number of amides is 1. The number of benzene rings is 2. The van der Waals surface area contributed by atoms with Gasteiger partial charge in [-0.1, -0.05) is 24.3 Å². The highest BCUT2D eigenvalue weighted by Crippen LogP contribution is 2.29. The van der Waals surface area contributed by atoms with Crippen molar-refractivity contribution in [3.63, 3.8) is 0 Å². The van der Waals surface area contributed by atoms with Crippen molar-refractivity contribution in [1.29, 1.82) is 0 Å². The Labute approximate surface area is 214 Å². The first-order valence-corrected chi connectivity index (χ1v) is 13.9. The highest BCUT2D eigenvalue weighted by atomic mass is 79.9. The molecule has 1 atom stereocenters. The minimum absolute atomic E-state index is 0.230. The van der Waals surface area contributed by atoms with Crippen molar-refractivity contribution in [2.75, 3.05) is 33.2 Å². The van der Waals surface area contributed by atoms with E-state index in [4.69, 9.17) is 4.74 Å². The molecular weight excluding hydrogens is 510 g/mol. The molecule has 0 aliphatic carbocycles. The van der Waals surface area contributed by atoms with Crippen LogP contribution in [0.5, 0.6) is 5.75 Å². The zero-order chi connectivity index (χ0) is 23.5. The summed E-state index contributed by atoms with van der Waals surface area (Å²) in [4.78, 5) is 17.5. The quantitative estimate of drug-likeness (QED) is 0.492. The van der Waals surface area contributed by atoms with Crippen LogP contribution < -0.4 is 15.0 Å². The first-order valence-electron chi connectivity index (χ1n) is 12.3. The molecule has 2 aromatic carbocycles. The third-order valence-electron chi connectivity index (χ3n) is 7.19. The zero-order valence-electron chi connectivity index (χ0n) is 19.7. The number of thiophene rings is 1. The Balaban J connectivity index is 1.13. The minimum Gasteiger partial charge on any atom is -0.489 e. The molecule has 1 unspecified atom stereocenters. The molecule has 2 fully saturated rings. The molecule has 5 rings (SSSR count). The van der Waals surface area contributed by atoms with E-state index >= 15 is 0 Å². The molecule has 1 aromatic heterocycles. The van der Waals surface area contributed by atoms with Gasteiger partial charge in [0.1, 0.15) is 16.7 Å². The van der Waals surface area contributed by atoms with Crippen molar-refractivity contribution < 1.29 is 14.4 Å². The number of quaternary nitrogens is 1. The van der Waals surface area contributed by atoms with E-state index in [1.165, 1.54) is 10.3 Å². The maximum absolute atomic E-state index is 13.1. The number of hydrogen-bond donors (Lipinski definition) is 2. The highest BCUT2D eigenvalue weighted by Gasteiger charge is 2.31. The molecule has 2 aliphatic heterocycles. The fourth-order valence-electron chi connectivity index (χ4n) is 5.09.